The summed E-state index contributed by atoms with van der Waals surface area (Å²) in [6.07, 6.45) is -0.169. The van der Waals surface area contributed by atoms with Gasteiger partial charge in [-0.1, -0.05) is 59.6 Å². The van der Waals surface area contributed by atoms with Gasteiger partial charge in [-0.15, -0.1) is 0 Å². The Labute approximate surface area is 156 Å². The van der Waals surface area contributed by atoms with Gasteiger partial charge in [0.1, 0.15) is 0 Å². The second-order valence-corrected chi connectivity index (χ2v) is 6.96. The van der Waals surface area contributed by atoms with Crippen LogP contribution in [0.15, 0.2) is 48.5 Å². The quantitative estimate of drug-likeness (QED) is 0.770. The minimum atomic E-state index is -1.30. The van der Waals surface area contributed by atoms with Crippen molar-refractivity contribution in [1.29, 1.82) is 0 Å². The first-order chi connectivity index (χ1) is 11.7. The summed E-state index contributed by atoms with van der Waals surface area (Å²) in [5.74, 6) is -1.40. The molecule has 0 aliphatic heterocycles. The SMILES string of the molecule is C[C@H](NC(=O)C[C@@](C)(C(=O)O)c1ccccc1)c1ccc(Cl)c(Cl)c1. The molecule has 2 atom stereocenters. The van der Waals surface area contributed by atoms with Crippen molar-refractivity contribution in [1.82, 2.24) is 5.32 Å². The molecule has 0 spiro atoms. The molecule has 2 aromatic rings. The molecule has 2 N–H and O–H groups in total. The van der Waals surface area contributed by atoms with E-state index in [1.807, 2.05) is 0 Å². The average molecular weight is 380 g/mol. The molecule has 0 saturated carbocycles. The van der Waals surface area contributed by atoms with E-state index in [-0.39, 0.29) is 18.4 Å². The molecular formula is C19H19Cl2NO3. The van der Waals surface area contributed by atoms with Crippen molar-refractivity contribution < 1.29 is 14.7 Å². The highest BCUT2D eigenvalue weighted by Gasteiger charge is 2.37. The fraction of sp³-hybridized carbons (Fsp3) is 0.263. The fourth-order valence-corrected chi connectivity index (χ4v) is 2.89. The van der Waals surface area contributed by atoms with E-state index in [1.54, 1.807) is 62.4 Å². The summed E-state index contributed by atoms with van der Waals surface area (Å²) in [6, 6.07) is 13.5. The molecule has 0 aromatic heterocycles. The molecule has 4 nitrogen and oxygen atoms in total. The molecule has 0 unspecified atom stereocenters. The normalized spacial score (nSPS) is 14.4. The van der Waals surface area contributed by atoms with Crippen LogP contribution in [-0.2, 0) is 15.0 Å². The molecule has 0 radical (unpaired) electrons. The number of amides is 1. The molecule has 0 aliphatic carbocycles. The summed E-state index contributed by atoms with van der Waals surface area (Å²) in [7, 11) is 0. The Balaban J connectivity index is 2.14. The van der Waals surface area contributed by atoms with E-state index >= 15 is 0 Å². The van der Waals surface area contributed by atoms with Crippen LogP contribution < -0.4 is 5.32 Å². The molecule has 0 fully saturated rings. The van der Waals surface area contributed by atoms with Gasteiger partial charge in [-0.2, -0.15) is 0 Å². The van der Waals surface area contributed by atoms with Crippen molar-refractivity contribution in [3.05, 3.63) is 69.7 Å². The monoisotopic (exact) mass is 379 g/mol. The zero-order chi connectivity index (χ0) is 18.6. The van der Waals surface area contributed by atoms with Gasteiger partial charge in [-0.25, -0.2) is 0 Å². The predicted molar refractivity (Wildman–Crippen MR) is 99.1 cm³/mol. The third-order valence-electron chi connectivity index (χ3n) is 4.22. The van der Waals surface area contributed by atoms with Gasteiger partial charge >= 0.3 is 5.97 Å². The molecule has 2 rings (SSSR count). The summed E-state index contributed by atoms with van der Waals surface area (Å²) in [4.78, 5) is 24.2. The van der Waals surface area contributed by atoms with Gasteiger partial charge < -0.3 is 10.4 Å². The van der Waals surface area contributed by atoms with Crippen LogP contribution in [0.25, 0.3) is 0 Å². The molecular weight excluding hydrogens is 361 g/mol. The highest BCUT2D eigenvalue weighted by atomic mass is 35.5. The van der Waals surface area contributed by atoms with Crippen molar-refractivity contribution in [2.24, 2.45) is 0 Å². The van der Waals surface area contributed by atoms with Crippen LogP contribution in [0.2, 0.25) is 10.0 Å². The van der Waals surface area contributed by atoms with Crippen molar-refractivity contribution in [3.8, 4) is 0 Å². The number of nitrogens with one attached hydrogen (secondary N) is 1. The maximum absolute atomic E-state index is 12.4. The fourth-order valence-electron chi connectivity index (χ4n) is 2.59. The standard InChI is InChI=1S/C19H19Cl2NO3/c1-12(13-8-9-15(20)16(21)10-13)22-17(23)11-19(2,18(24)25)14-6-4-3-5-7-14/h3-10,12H,11H2,1-2H3,(H,22,23)(H,24,25)/t12-,19+/m0/s1. The third-order valence-corrected chi connectivity index (χ3v) is 4.96. The Bertz CT molecular complexity index is 779. The van der Waals surface area contributed by atoms with Gasteiger partial charge in [0.05, 0.1) is 21.5 Å². The summed E-state index contributed by atoms with van der Waals surface area (Å²) in [5, 5.41) is 13.3. The number of carbonyl (C=O) groups excluding carboxylic acids is 1. The average Bonchev–Trinajstić information content (AvgIpc) is 2.57. The van der Waals surface area contributed by atoms with E-state index < -0.39 is 11.4 Å². The molecule has 25 heavy (non-hydrogen) atoms. The first kappa shape index (κ1) is 19.3. The van der Waals surface area contributed by atoms with E-state index in [1.165, 1.54) is 0 Å². The first-order valence-corrected chi connectivity index (χ1v) is 8.53. The van der Waals surface area contributed by atoms with E-state index in [0.29, 0.717) is 15.6 Å². The molecule has 0 bridgehead atoms. The van der Waals surface area contributed by atoms with Crippen LogP contribution >= 0.6 is 23.2 Å². The largest absolute Gasteiger partial charge is 0.481 e. The lowest BCUT2D eigenvalue weighted by atomic mass is 9.79. The van der Waals surface area contributed by atoms with Crippen LogP contribution in [0.5, 0.6) is 0 Å². The van der Waals surface area contributed by atoms with Crippen molar-refractivity contribution in [2.75, 3.05) is 0 Å². The lowest BCUT2D eigenvalue weighted by Gasteiger charge is -2.26. The number of carbonyl (C=O) groups is 2. The lowest BCUT2D eigenvalue weighted by molar-refractivity contribution is -0.145. The Kier molecular flexibility index (Phi) is 6.09. The number of carboxylic acids is 1. The van der Waals surface area contributed by atoms with E-state index in [2.05, 4.69) is 5.32 Å². The summed E-state index contributed by atoms with van der Waals surface area (Å²) in [6.45, 7) is 3.35. The van der Waals surface area contributed by atoms with Gasteiger partial charge in [0, 0.05) is 6.42 Å². The summed E-state index contributed by atoms with van der Waals surface area (Å²) < 4.78 is 0. The Hall–Kier alpha value is -2.04. The number of hydrogen-bond acceptors (Lipinski definition) is 2. The van der Waals surface area contributed by atoms with E-state index in [0.717, 1.165) is 5.56 Å². The zero-order valence-electron chi connectivity index (χ0n) is 13.9. The maximum Gasteiger partial charge on any atom is 0.314 e. The topological polar surface area (TPSA) is 66.4 Å². The molecule has 6 heteroatoms. The van der Waals surface area contributed by atoms with Gasteiger partial charge in [0.25, 0.3) is 0 Å². The highest BCUT2D eigenvalue weighted by Crippen LogP contribution is 2.29. The lowest BCUT2D eigenvalue weighted by Crippen LogP contribution is -2.39. The molecule has 1 amide bonds. The number of rotatable bonds is 6. The maximum atomic E-state index is 12.4. The van der Waals surface area contributed by atoms with Gasteiger partial charge in [0.2, 0.25) is 5.91 Å². The molecule has 132 valence electrons. The van der Waals surface area contributed by atoms with Crippen LogP contribution in [0.3, 0.4) is 0 Å². The number of benzene rings is 2. The number of hydrogen-bond donors (Lipinski definition) is 2. The predicted octanol–water partition coefficient (Wildman–Crippen LogP) is 4.60. The minimum Gasteiger partial charge on any atom is -0.481 e. The first-order valence-electron chi connectivity index (χ1n) is 7.77. The smallest absolute Gasteiger partial charge is 0.314 e. The van der Waals surface area contributed by atoms with Crippen molar-refractivity contribution in [3.63, 3.8) is 0 Å². The minimum absolute atomic E-state index is 0.169. The number of aliphatic carboxylic acids is 1. The van der Waals surface area contributed by atoms with Crippen molar-refractivity contribution >= 4 is 35.1 Å². The molecule has 0 heterocycles. The van der Waals surface area contributed by atoms with Gasteiger partial charge in [-0.05, 0) is 37.1 Å². The second-order valence-electron chi connectivity index (χ2n) is 6.14. The number of carboxylic acid groups (broad SMARTS) is 1. The second kappa shape index (κ2) is 7.89. The van der Waals surface area contributed by atoms with Crippen LogP contribution in [-0.4, -0.2) is 17.0 Å². The van der Waals surface area contributed by atoms with Gasteiger partial charge in [0.15, 0.2) is 0 Å². The Morgan fingerprint density at radius 3 is 2.32 bits per heavy atom. The van der Waals surface area contributed by atoms with Crippen LogP contribution in [0.4, 0.5) is 0 Å². The van der Waals surface area contributed by atoms with E-state index in [4.69, 9.17) is 23.2 Å². The van der Waals surface area contributed by atoms with Gasteiger partial charge in [-0.3, -0.25) is 9.59 Å². The molecule has 0 aliphatic rings. The summed E-state index contributed by atoms with van der Waals surface area (Å²) >= 11 is 11.9. The van der Waals surface area contributed by atoms with Crippen molar-refractivity contribution in [2.45, 2.75) is 31.7 Å². The van der Waals surface area contributed by atoms with Crippen LogP contribution in [0, 0.1) is 0 Å². The summed E-state index contributed by atoms with van der Waals surface area (Å²) in [5.41, 5.74) is 0.0715. The molecule has 0 saturated heterocycles. The third kappa shape index (κ3) is 4.53. The Morgan fingerprint density at radius 2 is 1.76 bits per heavy atom. The zero-order valence-corrected chi connectivity index (χ0v) is 15.4. The Morgan fingerprint density at radius 1 is 1.12 bits per heavy atom. The highest BCUT2D eigenvalue weighted by molar-refractivity contribution is 6.42. The van der Waals surface area contributed by atoms with E-state index in [9.17, 15) is 14.7 Å². The van der Waals surface area contributed by atoms with Crippen LogP contribution in [0.1, 0.15) is 37.4 Å². The number of halogens is 2. The molecule has 2 aromatic carbocycles.